The number of hydrogen-bond acceptors (Lipinski definition) is 1. The van der Waals surface area contributed by atoms with Gasteiger partial charge in [-0.3, -0.25) is 4.79 Å². The summed E-state index contributed by atoms with van der Waals surface area (Å²) in [5.74, 6) is 0.274. The molecule has 1 amide bonds. The van der Waals surface area contributed by atoms with E-state index < -0.39 is 0 Å². The number of benzene rings is 2. The van der Waals surface area contributed by atoms with Crippen molar-refractivity contribution in [1.82, 2.24) is 0 Å². The van der Waals surface area contributed by atoms with Gasteiger partial charge in [0.1, 0.15) is 0 Å². The van der Waals surface area contributed by atoms with Crippen LogP contribution in [0, 0.1) is 6.92 Å². The zero-order valence-electron chi connectivity index (χ0n) is 10.4. The molecule has 0 radical (unpaired) electrons. The van der Waals surface area contributed by atoms with E-state index in [-0.39, 0.29) is 5.91 Å². The Morgan fingerprint density at radius 2 is 2.05 bits per heavy atom. The van der Waals surface area contributed by atoms with E-state index in [2.05, 4.69) is 21.2 Å². The zero-order valence-corrected chi connectivity index (χ0v) is 12.8. The number of aryl methyl sites for hydroxylation is 1. The Morgan fingerprint density at radius 3 is 2.74 bits per heavy atom. The van der Waals surface area contributed by atoms with Gasteiger partial charge in [0.25, 0.3) is 5.91 Å². The van der Waals surface area contributed by atoms with Crippen LogP contribution >= 0.6 is 27.5 Å². The molecule has 0 aromatic heterocycles. The van der Waals surface area contributed by atoms with Crippen molar-refractivity contribution in [1.29, 1.82) is 0 Å². The van der Waals surface area contributed by atoms with Gasteiger partial charge in [-0.1, -0.05) is 28.1 Å². The van der Waals surface area contributed by atoms with Crippen molar-refractivity contribution in [2.24, 2.45) is 0 Å². The first-order chi connectivity index (χ1) is 9.10. The van der Waals surface area contributed by atoms with E-state index in [1.165, 1.54) is 0 Å². The lowest BCUT2D eigenvalue weighted by Gasteiger charge is -2.09. The molecule has 0 saturated carbocycles. The summed E-state index contributed by atoms with van der Waals surface area (Å²) in [5, 5.41) is 2.90. The summed E-state index contributed by atoms with van der Waals surface area (Å²) in [4.78, 5) is 12.2. The summed E-state index contributed by atoms with van der Waals surface area (Å²) < 4.78 is 0.993. The zero-order chi connectivity index (χ0) is 13.8. The van der Waals surface area contributed by atoms with E-state index >= 15 is 0 Å². The molecule has 0 unspecified atom stereocenters. The van der Waals surface area contributed by atoms with Crippen molar-refractivity contribution < 1.29 is 4.79 Å². The molecule has 0 aliphatic carbocycles. The molecule has 2 aromatic carbocycles. The summed E-state index contributed by atoms with van der Waals surface area (Å²) in [6.45, 7) is 1.95. The number of carbonyl (C=O) groups excluding carboxylic acids is 1. The molecule has 4 heteroatoms. The van der Waals surface area contributed by atoms with E-state index in [1.54, 1.807) is 12.1 Å². The molecule has 2 rings (SSSR count). The van der Waals surface area contributed by atoms with Gasteiger partial charge in [-0.15, -0.1) is 11.6 Å². The van der Waals surface area contributed by atoms with Gasteiger partial charge in [0.15, 0.2) is 0 Å². The number of nitrogens with one attached hydrogen (secondary N) is 1. The van der Waals surface area contributed by atoms with E-state index in [1.807, 2.05) is 37.3 Å². The van der Waals surface area contributed by atoms with Crippen molar-refractivity contribution in [2.45, 2.75) is 12.8 Å². The third kappa shape index (κ3) is 3.58. The Bertz CT molecular complexity index is 613. The number of hydrogen-bond donors (Lipinski definition) is 1. The van der Waals surface area contributed by atoms with Gasteiger partial charge in [0, 0.05) is 21.6 Å². The molecule has 2 aromatic rings. The third-order valence-electron chi connectivity index (χ3n) is 2.78. The fourth-order valence-corrected chi connectivity index (χ4v) is 2.40. The SMILES string of the molecule is Cc1cc(Br)ccc1NC(=O)c1cccc(CCl)c1. The molecule has 19 heavy (non-hydrogen) atoms. The number of anilines is 1. The van der Waals surface area contributed by atoms with Crippen LogP contribution in [0.15, 0.2) is 46.9 Å². The molecule has 1 N–H and O–H groups in total. The van der Waals surface area contributed by atoms with Crippen molar-refractivity contribution in [3.05, 3.63) is 63.6 Å². The number of amides is 1. The number of alkyl halides is 1. The second-order valence-electron chi connectivity index (χ2n) is 4.25. The van der Waals surface area contributed by atoms with Crippen LogP contribution in [0.2, 0.25) is 0 Å². The predicted molar refractivity (Wildman–Crippen MR) is 82.8 cm³/mol. The highest BCUT2D eigenvalue weighted by molar-refractivity contribution is 9.10. The minimum absolute atomic E-state index is 0.127. The van der Waals surface area contributed by atoms with Crippen LogP contribution < -0.4 is 5.32 Å². The second-order valence-corrected chi connectivity index (χ2v) is 5.43. The van der Waals surface area contributed by atoms with Crippen LogP contribution in [-0.4, -0.2) is 5.91 Å². The highest BCUT2D eigenvalue weighted by Gasteiger charge is 2.08. The third-order valence-corrected chi connectivity index (χ3v) is 3.58. The number of carbonyl (C=O) groups is 1. The maximum Gasteiger partial charge on any atom is 0.255 e. The van der Waals surface area contributed by atoms with Crippen LogP contribution in [0.4, 0.5) is 5.69 Å². The van der Waals surface area contributed by atoms with E-state index in [0.717, 1.165) is 21.3 Å². The normalized spacial score (nSPS) is 10.3. The van der Waals surface area contributed by atoms with Gasteiger partial charge in [-0.25, -0.2) is 0 Å². The lowest BCUT2D eigenvalue weighted by atomic mass is 10.1. The molecule has 0 fully saturated rings. The van der Waals surface area contributed by atoms with Gasteiger partial charge in [0.05, 0.1) is 0 Å². The summed E-state index contributed by atoms with van der Waals surface area (Å²) >= 11 is 9.17. The fraction of sp³-hybridized carbons (Fsp3) is 0.133. The van der Waals surface area contributed by atoms with Gasteiger partial charge in [0.2, 0.25) is 0 Å². The maximum atomic E-state index is 12.2. The molecule has 0 heterocycles. The minimum atomic E-state index is -0.127. The van der Waals surface area contributed by atoms with E-state index in [4.69, 9.17) is 11.6 Å². The molecule has 0 atom stereocenters. The Morgan fingerprint density at radius 1 is 1.26 bits per heavy atom. The Kier molecular flexibility index (Phi) is 4.61. The minimum Gasteiger partial charge on any atom is -0.322 e. The second kappa shape index (κ2) is 6.22. The fourth-order valence-electron chi connectivity index (χ4n) is 1.76. The summed E-state index contributed by atoms with van der Waals surface area (Å²) in [6, 6.07) is 13.1. The lowest BCUT2D eigenvalue weighted by molar-refractivity contribution is 0.102. The van der Waals surface area contributed by atoms with Crippen molar-refractivity contribution in [3.63, 3.8) is 0 Å². The average molecular weight is 339 g/mol. The Hall–Kier alpha value is -1.32. The van der Waals surface area contributed by atoms with Crippen LogP contribution in [0.1, 0.15) is 21.5 Å². The van der Waals surface area contributed by atoms with Crippen molar-refractivity contribution >= 4 is 39.1 Å². The van der Waals surface area contributed by atoms with Gasteiger partial charge in [-0.2, -0.15) is 0 Å². The van der Waals surface area contributed by atoms with Gasteiger partial charge >= 0.3 is 0 Å². The van der Waals surface area contributed by atoms with E-state index in [9.17, 15) is 4.79 Å². The van der Waals surface area contributed by atoms with Crippen molar-refractivity contribution in [2.75, 3.05) is 5.32 Å². The smallest absolute Gasteiger partial charge is 0.255 e. The lowest BCUT2D eigenvalue weighted by Crippen LogP contribution is -2.12. The molecular weight excluding hydrogens is 326 g/mol. The Balaban J connectivity index is 2.20. The maximum absolute atomic E-state index is 12.2. The number of halogens is 2. The first-order valence-corrected chi connectivity index (χ1v) is 7.15. The quantitative estimate of drug-likeness (QED) is 0.804. The topological polar surface area (TPSA) is 29.1 Å². The predicted octanol–water partition coefficient (Wildman–Crippen LogP) is 4.75. The first-order valence-electron chi connectivity index (χ1n) is 5.82. The average Bonchev–Trinajstić information content (AvgIpc) is 2.42. The van der Waals surface area contributed by atoms with Crippen LogP contribution in [-0.2, 0) is 5.88 Å². The molecule has 2 nitrogen and oxygen atoms in total. The Labute approximate surface area is 125 Å². The first kappa shape index (κ1) is 14.1. The monoisotopic (exact) mass is 337 g/mol. The molecular formula is C15H13BrClNO. The highest BCUT2D eigenvalue weighted by Crippen LogP contribution is 2.21. The standard InChI is InChI=1S/C15H13BrClNO/c1-10-7-13(16)5-6-14(10)18-15(19)12-4-2-3-11(8-12)9-17/h2-8H,9H2,1H3,(H,18,19). The largest absolute Gasteiger partial charge is 0.322 e. The van der Waals surface area contributed by atoms with Crippen LogP contribution in [0.3, 0.4) is 0 Å². The molecule has 0 spiro atoms. The highest BCUT2D eigenvalue weighted by atomic mass is 79.9. The van der Waals surface area contributed by atoms with E-state index in [0.29, 0.717) is 11.4 Å². The number of rotatable bonds is 3. The summed E-state index contributed by atoms with van der Waals surface area (Å²) in [5.41, 5.74) is 3.36. The molecule has 0 aliphatic rings. The molecule has 0 aliphatic heterocycles. The van der Waals surface area contributed by atoms with Gasteiger partial charge in [-0.05, 0) is 48.4 Å². The summed E-state index contributed by atoms with van der Waals surface area (Å²) in [7, 11) is 0. The molecule has 0 saturated heterocycles. The molecule has 98 valence electrons. The summed E-state index contributed by atoms with van der Waals surface area (Å²) in [6.07, 6.45) is 0. The van der Waals surface area contributed by atoms with Crippen molar-refractivity contribution in [3.8, 4) is 0 Å². The van der Waals surface area contributed by atoms with Gasteiger partial charge < -0.3 is 5.32 Å². The molecule has 0 bridgehead atoms. The van der Waals surface area contributed by atoms with Crippen LogP contribution in [0.25, 0.3) is 0 Å². The van der Waals surface area contributed by atoms with Crippen LogP contribution in [0.5, 0.6) is 0 Å².